The van der Waals surface area contributed by atoms with Gasteiger partial charge in [-0.15, -0.1) is 0 Å². The number of benzene rings is 1. The lowest BCUT2D eigenvalue weighted by molar-refractivity contribution is 0.576. The Morgan fingerprint density at radius 1 is 1.00 bits per heavy atom. The van der Waals surface area contributed by atoms with Crippen molar-refractivity contribution in [2.45, 2.75) is 0 Å². The fourth-order valence-corrected chi connectivity index (χ4v) is 2.06. The molecule has 1 aromatic heterocycles. The number of hydrogen-bond acceptors (Lipinski definition) is 3. The van der Waals surface area contributed by atoms with Crippen molar-refractivity contribution in [3.05, 3.63) is 30.6 Å². The number of anilines is 1. The molecule has 0 amide bonds. The number of fused-ring (bicyclic) bond motifs is 1. The van der Waals surface area contributed by atoms with Crippen molar-refractivity contribution in [2.75, 3.05) is 31.1 Å². The van der Waals surface area contributed by atoms with Crippen LogP contribution >= 0.6 is 0 Å². The maximum atomic E-state index is 4.40. The Hall–Kier alpha value is -1.68. The molecule has 0 aliphatic carbocycles. The second-order valence-electron chi connectivity index (χ2n) is 3.87. The van der Waals surface area contributed by atoms with Crippen molar-refractivity contribution >= 4 is 16.7 Å². The van der Waals surface area contributed by atoms with E-state index in [1.165, 1.54) is 0 Å². The molecule has 1 aliphatic heterocycles. The van der Waals surface area contributed by atoms with E-state index in [0.29, 0.717) is 0 Å². The lowest BCUT2D eigenvalue weighted by Gasteiger charge is -2.28. The summed E-state index contributed by atoms with van der Waals surface area (Å²) in [4.78, 5) is 11.0. The average molecular weight is 213 g/mol. The Kier molecular flexibility index (Phi) is 2.42. The van der Waals surface area contributed by atoms with Gasteiger partial charge in [-0.2, -0.15) is 0 Å². The van der Waals surface area contributed by atoms with Crippen molar-refractivity contribution in [2.24, 2.45) is 0 Å². The fraction of sp³-hybridized carbons (Fsp3) is 0.333. The van der Waals surface area contributed by atoms with Crippen LogP contribution in [0, 0.1) is 0 Å². The van der Waals surface area contributed by atoms with Gasteiger partial charge in [-0.05, 0) is 12.1 Å². The van der Waals surface area contributed by atoms with E-state index in [2.05, 4.69) is 26.3 Å². The predicted molar refractivity (Wildman–Crippen MR) is 63.6 cm³/mol. The third kappa shape index (κ3) is 1.61. The molecule has 0 unspecified atom stereocenters. The van der Waals surface area contributed by atoms with E-state index in [1.54, 1.807) is 6.33 Å². The van der Waals surface area contributed by atoms with Crippen molar-refractivity contribution in [3.63, 3.8) is 0 Å². The first-order chi connectivity index (χ1) is 7.95. The number of nitrogens with zero attached hydrogens (tertiary/aromatic N) is 4. The third-order valence-electron chi connectivity index (χ3n) is 2.88. The molecule has 0 spiro atoms. The minimum atomic E-state index is 0.901. The molecule has 1 fully saturated rings. The number of hydrogen-bond donors (Lipinski definition) is 0. The predicted octanol–water partition coefficient (Wildman–Crippen LogP) is 1.05. The van der Waals surface area contributed by atoms with Crippen LogP contribution in [-0.2, 0) is 0 Å². The van der Waals surface area contributed by atoms with Gasteiger partial charge in [0, 0.05) is 31.6 Å². The monoisotopic (exact) mass is 213 g/mol. The Morgan fingerprint density at radius 2 is 1.81 bits per heavy atom. The molecule has 1 saturated heterocycles. The lowest BCUT2D eigenvalue weighted by Crippen LogP contribution is -2.40. The summed E-state index contributed by atoms with van der Waals surface area (Å²) in [6.07, 6.45) is 1.64. The Bertz CT molecular complexity index is 486. The van der Waals surface area contributed by atoms with E-state index in [0.717, 1.165) is 42.9 Å². The van der Waals surface area contributed by atoms with Crippen LogP contribution in [0.25, 0.3) is 10.9 Å². The van der Waals surface area contributed by atoms with Gasteiger partial charge in [-0.3, -0.25) is 0 Å². The normalized spacial score (nSPS) is 16.6. The van der Waals surface area contributed by atoms with Gasteiger partial charge in [0.1, 0.15) is 12.1 Å². The van der Waals surface area contributed by atoms with Crippen LogP contribution in [0.4, 0.5) is 5.82 Å². The van der Waals surface area contributed by atoms with Crippen LogP contribution in [0.3, 0.4) is 0 Å². The second-order valence-corrected chi connectivity index (χ2v) is 3.87. The van der Waals surface area contributed by atoms with Crippen molar-refractivity contribution in [3.8, 4) is 0 Å². The summed E-state index contributed by atoms with van der Waals surface area (Å²) in [6, 6.07) is 8.14. The van der Waals surface area contributed by atoms with Crippen LogP contribution < -0.4 is 10.2 Å². The van der Waals surface area contributed by atoms with Gasteiger partial charge in [-0.1, -0.05) is 12.1 Å². The first-order valence-corrected chi connectivity index (χ1v) is 5.53. The molecule has 0 N–H and O–H groups in total. The average Bonchev–Trinajstić information content (AvgIpc) is 2.39. The van der Waals surface area contributed by atoms with Gasteiger partial charge in [0.2, 0.25) is 0 Å². The van der Waals surface area contributed by atoms with E-state index >= 15 is 0 Å². The summed E-state index contributed by atoms with van der Waals surface area (Å²) >= 11 is 0. The number of piperazine rings is 1. The molecular formula is C12H13N4. The summed E-state index contributed by atoms with van der Waals surface area (Å²) in [5.74, 6) is 1.04. The number of aromatic nitrogens is 2. The highest BCUT2D eigenvalue weighted by atomic mass is 15.2. The zero-order valence-corrected chi connectivity index (χ0v) is 9.00. The molecule has 81 valence electrons. The van der Waals surface area contributed by atoms with Crippen molar-refractivity contribution in [1.82, 2.24) is 15.3 Å². The molecule has 0 saturated carbocycles. The first-order valence-electron chi connectivity index (χ1n) is 5.53. The number of para-hydroxylation sites is 1. The Labute approximate surface area is 94.3 Å². The van der Waals surface area contributed by atoms with Gasteiger partial charge in [-0.25, -0.2) is 15.3 Å². The number of rotatable bonds is 1. The van der Waals surface area contributed by atoms with Crippen LogP contribution in [0.5, 0.6) is 0 Å². The van der Waals surface area contributed by atoms with E-state index in [9.17, 15) is 0 Å². The zero-order chi connectivity index (χ0) is 10.8. The lowest BCUT2D eigenvalue weighted by atomic mass is 10.2. The molecular weight excluding hydrogens is 200 g/mol. The Balaban J connectivity index is 2.08. The highest BCUT2D eigenvalue weighted by Crippen LogP contribution is 2.22. The maximum Gasteiger partial charge on any atom is 0.139 e. The summed E-state index contributed by atoms with van der Waals surface area (Å²) < 4.78 is 0. The quantitative estimate of drug-likeness (QED) is 0.711. The highest BCUT2D eigenvalue weighted by molar-refractivity contribution is 5.89. The summed E-state index contributed by atoms with van der Waals surface area (Å²) in [5.41, 5.74) is 1.01. The van der Waals surface area contributed by atoms with Gasteiger partial charge < -0.3 is 4.90 Å². The summed E-state index contributed by atoms with van der Waals surface area (Å²) in [5, 5.41) is 5.48. The van der Waals surface area contributed by atoms with Crippen LogP contribution in [-0.4, -0.2) is 36.1 Å². The van der Waals surface area contributed by atoms with Gasteiger partial charge >= 0.3 is 0 Å². The van der Waals surface area contributed by atoms with Gasteiger partial charge in [0.15, 0.2) is 0 Å². The molecule has 1 aromatic carbocycles. The topological polar surface area (TPSA) is 43.1 Å². The molecule has 4 heteroatoms. The van der Waals surface area contributed by atoms with Gasteiger partial charge in [0.05, 0.1) is 5.52 Å². The molecule has 1 radical (unpaired) electrons. The Morgan fingerprint density at radius 3 is 2.69 bits per heavy atom. The standard InChI is InChI=1S/C12H13N4/c1-2-4-11-10(3-1)12(15-9-14-11)16-7-5-13-6-8-16/h1-4,9H,5-8H2. The molecule has 4 nitrogen and oxygen atoms in total. The second kappa shape index (κ2) is 4.06. The SMILES string of the molecule is c1ccc2c(N3CC[N]CC3)ncnc2c1. The molecule has 0 bridgehead atoms. The summed E-state index contributed by atoms with van der Waals surface area (Å²) in [7, 11) is 0. The van der Waals surface area contributed by atoms with E-state index in [1.807, 2.05) is 18.2 Å². The highest BCUT2D eigenvalue weighted by Gasteiger charge is 2.14. The van der Waals surface area contributed by atoms with Crippen LogP contribution in [0.15, 0.2) is 30.6 Å². The smallest absolute Gasteiger partial charge is 0.139 e. The zero-order valence-electron chi connectivity index (χ0n) is 9.00. The maximum absolute atomic E-state index is 4.40. The molecule has 3 rings (SSSR count). The van der Waals surface area contributed by atoms with Crippen LogP contribution in [0.2, 0.25) is 0 Å². The van der Waals surface area contributed by atoms with E-state index in [4.69, 9.17) is 0 Å². The third-order valence-corrected chi connectivity index (χ3v) is 2.88. The van der Waals surface area contributed by atoms with Crippen molar-refractivity contribution in [1.29, 1.82) is 0 Å². The molecule has 1 aliphatic rings. The minimum absolute atomic E-state index is 0.901. The van der Waals surface area contributed by atoms with E-state index in [-0.39, 0.29) is 0 Å². The van der Waals surface area contributed by atoms with Crippen molar-refractivity contribution < 1.29 is 0 Å². The fourth-order valence-electron chi connectivity index (χ4n) is 2.06. The minimum Gasteiger partial charge on any atom is -0.353 e. The first kappa shape index (κ1) is 9.54. The van der Waals surface area contributed by atoms with E-state index < -0.39 is 0 Å². The molecule has 0 atom stereocenters. The molecule has 2 aromatic rings. The molecule has 2 heterocycles. The van der Waals surface area contributed by atoms with Gasteiger partial charge in [0.25, 0.3) is 0 Å². The largest absolute Gasteiger partial charge is 0.353 e. The van der Waals surface area contributed by atoms with Crippen LogP contribution in [0.1, 0.15) is 0 Å². The molecule has 16 heavy (non-hydrogen) atoms. The summed E-state index contributed by atoms with van der Waals surface area (Å²) in [6.45, 7) is 3.72.